The van der Waals surface area contributed by atoms with Crippen molar-refractivity contribution in [1.29, 1.82) is 10.5 Å². The van der Waals surface area contributed by atoms with Crippen molar-refractivity contribution in [3.63, 3.8) is 0 Å². The van der Waals surface area contributed by atoms with E-state index in [2.05, 4.69) is 5.32 Å². The molecule has 0 unspecified atom stereocenters. The highest BCUT2D eigenvalue weighted by Gasteiger charge is 2.15. The highest BCUT2D eigenvalue weighted by Crippen LogP contribution is 2.16. The molecule has 0 saturated carbocycles. The van der Waals surface area contributed by atoms with Gasteiger partial charge in [-0.2, -0.15) is 10.5 Å². The van der Waals surface area contributed by atoms with Crippen LogP contribution in [0.5, 0.6) is 0 Å². The van der Waals surface area contributed by atoms with Crippen LogP contribution in [-0.2, 0) is 9.53 Å². The lowest BCUT2D eigenvalue weighted by Crippen LogP contribution is -2.16. The van der Waals surface area contributed by atoms with Crippen molar-refractivity contribution in [2.24, 2.45) is 0 Å². The summed E-state index contributed by atoms with van der Waals surface area (Å²) in [6.45, 7) is 1.25. The van der Waals surface area contributed by atoms with Crippen LogP contribution in [0.4, 0.5) is 0 Å². The summed E-state index contributed by atoms with van der Waals surface area (Å²) >= 11 is 0. The SMILES string of the molecule is CC(=O)OC1=CC=CNC1=C(C#N)C#N. The molecule has 1 heterocycles. The maximum Gasteiger partial charge on any atom is 0.308 e. The number of allylic oxidation sites excluding steroid dienone is 3. The number of hydrogen-bond donors (Lipinski definition) is 1. The van der Waals surface area contributed by atoms with Gasteiger partial charge in [0.2, 0.25) is 0 Å². The normalized spacial score (nSPS) is 13.0. The Labute approximate surface area is 86.6 Å². The molecule has 0 radical (unpaired) electrons. The van der Waals surface area contributed by atoms with Gasteiger partial charge in [0.1, 0.15) is 17.8 Å². The van der Waals surface area contributed by atoms with Crippen LogP contribution >= 0.6 is 0 Å². The lowest BCUT2D eigenvalue weighted by atomic mass is 10.2. The summed E-state index contributed by atoms with van der Waals surface area (Å²) in [6, 6.07) is 3.43. The molecule has 0 saturated heterocycles. The summed E-state index contributed by atoms with van der Waals surface area (Å²) in [5.41, 5.74) is 0.0737. The Bertz CT molecular complexity index is 442. The van der Waals surface area contributed by atoms with E-state index < -0.39 is 5.97 Å². The molecule has 0 bridgehead atoms. The third-order valence-electron chi connectivity index (χ3n) is 1.55. The van der Waals surface area contributed by atoms with Gasteiger partial charge in [0.05, 0.1) is 0 Å². The molecule has 1 N–H and O–H groups in total. The van der Waals surface area contributed by atoms with Gasteiger partial charge >= 0.3 is 5.97 Å². The highest BCUT2D eigenvalue weighted by atomic mass is 16.5. The van der Waals surface area contributed by atoms with Crippen molar-refractivity contribution >= 4 is 5.97 Å². The van der Waals surface area contributed by atoms with Gasteiger partial charge in [-0.1, -0.05) is 0 Å². The standard InChI is InChI=1S/C10H7N3O2/c1-7(14)15-9-3-2-4-13-10(9)8(5-11)6-12/h2-4,13H,1H3. The van der Waals surface area contributed by atoms with E-state index in [0.717, 1.165) is 0 Å². The minimum absolute atomic E-state index is 0.133. The lowest BCUT2D eigenvalue weighted by Gasteiger charge is -2.13. The van der Waals surface area contributed by atoms with E-state index in [0.29, 0.717) is 0 Å². The zero-order valence-corrected chi connectivity index (χ0v) is 7.94. The Kier molecular flexibility index (Phi) is 3.26. The number of esters is 1. The Morgan fingerprint density at radius 2 is 2.13 bits per heavy atom. The number of hydrogen-bond acceptors (Lipinski definition) is 5. The third-order valence-corrected chi connectivity index (χ3v) is 1.55. The molecule has 0 aromatic rings. The van der Waals surface area contributed by atoms with Gasteiger partial charge in [-0.15, -0.1) is 0 Å². The fourth-order valence-corrected chi connectivity index (χ4v) is 0.993. The molecule has 0 aromatic carbocycles. The molecule has 1 rings (SSSR count). The van der Waals surface area contributed by atoms with Crippen molar-refractivity contribution in [2.45, 2.75) is 6.92 Å². The number of nitriles is 2. The second-order valence-corrected chi connectivity index (χ2v) is 2.60. The Hall–Kier alpha value is -2.53. The molecule has 1 aliphatic rings. The summed E-state index contributed by atoms with van der Waals surface area (Å²) in [4.78, 5) is 10.8. The summed E-state index contributed by atoms with van der Waals surface area (Å²) in [6.07, 6.45) is 4.65. The zero-order valence-electron chi connectivity index (χ0n) is 7.94. The largest absolute Gasteiger partial charge is 0.424 e. The van der Waals surface area contributed by atoms with Gasteiger partial charge in [-0.25, -0.2) is 0 Å². The predicted octanol–water partition coefficient (Wildman–Crippen LogP) is 0.852. The molecule has 0 spiro atoms. The van der Waals surface area contributed by atoms with E-state index in [4.69, 9.17) is 15.3 Å². The Morgan fingerprint density at radius 1 is 1.47 bits per heavy atom. The molecular formula is C10H7N3O2. The van der Waals surface area contributed by atoms with Crippen LogP contribution in [0.2, 0.25) is 0 Å². The minimum Gasteiger partial charge on any atom is -0.424 e. The van der Waals surface area contributed by atoms with E-state index in [1.807, 2.05) is 0 Å². The summed E-state index contributed by atoms with van der Waals surface area (Å²) in [5, 5.41) is 20.0. The first-order valence-corrected chi connectivity index (χ1v) is 4.05. The molecule has 1 aliphatic heterocycles. The van der Waals surface area contributed by atoms with Gasteiger partial charge in [0, 0.05) is 13.1 Å². The van der Waals surface area contributed by atoms with Gasteiger partial charge in [-0.05, 0) is 12.2 Å². The molecule has 0 aliphatic carbocycles. The van der Waals surface area contributed by atoms with Crippen LogP contribution in [0.3, 0.4) is 0 Å². The molecule has 5 heteroatoms. The Morgan fingerprint density at radius 3 is 2.67 bits per heavy atom. The fourth-order valence-electron chi connectivity index (χ4n) is 0.993. The smallest absolute Gasteiger partial charge is 0.308 e. The first-order chi connectivity index (χ1) is 7.19. The van der Waals surface area contributed by atoms with Crippen molar-refractivity contribution in [3.05, 3.63) is 35.4 Å². The first kappa shape index (κ1) is 10.6. The minimum atomic E-state index is -0.508. The second-order valence-electron chi connectivity index (χ2n) is 2.60. The fraction of sp³-hybridized carbons (Fsp3) is 0.100. The molecule has 0 atom stereocenters. The van der Waals surface area contributed by atoms with E-state index in [9.17, 15) is 4.79 Å². The average molecular weight is 201 g/mol. The van der Waals surface area contributed by atoms with Crippen molar-refractivity contribution in [2.75, 3.05) is 0 Å². The van der Waals surface area contributed by atoms with Gasteiger partial charge in [0.25, 0.3) is 0 Å². The second kappa shape index (κ2) is 4.64. The monoisotopic (exact) mass is 201 g/mol. The first-order valence-electron chi connectivity index (χ1n) is 4.05. The molecule has 0 aromatic heterocycles. The molecule has 5 nitrogen and oxygen atoms in total. The van der Waals surface area contributed by atoms with Crippen LogP contribution in [-0.4, -0.2) is 5.97 Å². The van der Waals surface area contributed by atoms with Crippen LogP contribution in [0.15, 0.2) is 35.4 Å². The van der Waals surface area contributed by atoms with Crippen LogP contribution in [0.25, 0.3) is 0 Å². The van der Waals surface area contributed by atoms with E-state index >= 15 is 0 Å². The third kappa shape index (κ3) is 2.45. The van der Waals surface area contributed by atoms with E-state index in [1.54, 1.807) is 18.2 Å². The number of dihydropyridines is 1. The number of rotatable bonds is 1. The maximum absolute atomic E-state index is 10.8. The number of nitrogens with zero attached hydrogens (tertiary/aromatic N) is 2. The number of carbonyl (C=O) groups is 1. The van der Waals surface area contributed by atoms with E-state index in [-0.39, 0.29) is 17.0 Å². The van der Waals surface area contributed by atoms with Crippen molar-refractivity contribution in [3.8, 4) is 12.1 Å². The topological polar surface area (TPSA) is 85.9 Å². The Balaban J connectivity index is 3.12. The summed E-state index contributed by atoms with van der Waals surface area (Å²) in [5.74, 6) is -0.339. The summed E-state index contributed by atoms with van der Waals surface area (Å²) < 4.78 is 4.84. The molecule has 15 heavy (non-hydrogen) atoms. The van der Waals surface area contributed by atoms with Crippen molar-refractivity contribution in [1.82, 2.24) is 5.32 Å². The van der Waals surface area contributed by atoms with Gasteiger partial charge in [0.15, 0.2) is 11.3 Å². The van der Waals surface area contributed by atoms with Gasteiger partial charge < -0.3 is 10.1 Å². The number of ether oxygens (including phenoxy) is 1. The molecule has 0 fully saturated rings. The van der Waals surface area contributed by atoms with Crippen LogP contribution in [0.1, 0.15) is 6.92 Å². The quantitative estimate of drug-likeness (QED) is 0.502. The van der Waals surface area contributed by atoms with E-state index in [1.165, 1.54) is 19.2 Å². The summed E-state index contributed by atoms with van der Waals surface area (Å²) in [7, 11) is 0. The number of nitrogens with one attached hydrogen (secondary N) is 1. The molecule has 74 valence electrons. The van der Waals surface area contributed by atoms with Crippen molar-refractivity contribution < 1.29 is 9.53 Å². The maximum atomic E-state index is 10.8. The van der Waals surface area contributed by atoms with Crippen LogP contribution < -0.4 is 5.32 Å². The highest BCUT2D eigenvalue weighted by molar-refractivity contribution is 5.69. The molecule has 0 amide bonds. The lowest BCUT2D eigenvalue weighted by molar-refractivity contribution is -0.136. The van der Waals surface area contributed by atoms with Crippen LogP contribution in [0, 0.1) is 22.7 Å². The average Bonchev–Trinajstić information content (AvgIpc) is 2.21. The zero-order chi connectivity index (χ0) is 11.3. The number of carbonyl (C=O) groups excluding carboxylic acids is 1. The van der Waals surface area contributed by atoms with Gasteiger partial charge in [-0.3, -0.25) is 4.79 Å². The predicted molar refractivity (Wildman–Crippen MR) is 50.4 cm³/mol. The molecular weight excluding hydrogens is 194 g/mol.